The van der Waals surface area contributed by atoms with Crippen molar-refractivity contribution in [3.8, 4) is 0 Å². The number of aryl methyl sites for hydroxylation is 1. The highest BCUT2D eigenvalue weighted by Crippen LogP contribution is 2.14. The maximum absolute atomic E-state index is 12.9. The summed E-state index contributed by atoms with van der Waals surface area (Å²) >= 11 is 0. The van der Waals surface area contributed by atoms with Crippen LogP contribution in [0.1, 0.15) is 5.56 Å². The lowest BCUT2D eigenvalue weighted by molar-refractivity contribution is 0.204. The van der Waals surface area contributed by atoms with Gasteiger partial charge in [0.25, 0.3) is 5.56 Å². The van der Waals surface area contributed by atoms with Crippen LogP contribution in [0.5, 0.6) is 0 Å². The van der Waals surface area contributed by atoms with E-state index in [-0.39, 0.29) is 4.90 Å². The van der Waals surface area contributed by atoms with Crippen LogP contribution in [0.3, 0.4) is 0 Å². The first-order chi connectivity index (χ1) is 13.3. The van der Waals surface area contributed by atoms with Gasteiger partial charge in [-0.15, -0.1) is 0 Å². The zero-order chi connectivity index (χ0) is 20.3. The summed E-state index contributed by atoms with van der Waals surface area (Å²) in [4.78, 5) is 25.9. The summed E-state index contributed by atoms with van der Waals surface area (Å²) in [5, 5.41) is 0. The molecule has 1 aliphatic rings. The maximum Gasteiger partial charge on any atom is 0.330 e. The number of aromatic nitrogens is 2. The van der Waals surface area contributed by atoms with E-state index < -0.39 is 21.3 Å². The second-order valence-corrected chi connectivity index (χ2v) is 8.68. The van der Waals surface area contributed by atoms with Crippen molar-refractivity contribution in [2.24, 2.45) is 14.1 Å². The van der Waals surface area contributed by atoms with Gasteiger partial charge in [0.15, 0.2) is 4.90 Å². The molecule has 1 aliphatic heterocycles. The number of piperazine rings is 1. The second kappa shape index (κ2) is 8.26. The summed E-state index contributed by atoms with van der Waals surface area (Å²) in [7, 11) is -1.24. The third-order valence-electron chi connectivity index (χ3n) is 4.84. The van der Waals surface area contributed by atoms with Gasteiger partial charge in [0.05, 0.1) is 0 Å². The van der Waals surface area contributed by atoms with E-state index in [1.54, 1.807) is 0 Å². The van der Waals surface area contributed by atoms with Crippen molar-refractivity contribution >= 4 is 16.1 Å². The average Bonchev–Trinajstić information content (AvgIpc) is 2.70. The Morgan fingerprint density at radius 2 is 1.64 bits per heavy atom. The van der Waals surface area contributed by atoms with Gasteiger partial charge in [0.1, 0.15) is 0 Å². The van der Waals surface area contributed by atoms with Gasteiger partial charge in [-0.25, -0.2) is 13.2 Å². The van der Waals surface area contributed by atoms with Crippen molar-refractivity contribution in [3.05, 3.63) is 69.0 Å². The predicted molar refractivity (Wildman–Crippen MR) is 108 cm³/mol. The average molecular weight is 404 g/mol. The highest BCUT2D eigenvalue weighted by atomic mass is 32.2. The summed E-state index contributed by atoms with van der Waals surface area (Å²) in [5.41, 5.74) is -0.232. The second-order valence-electron chi connectivity index (χ2n) is 6.77. The van der Waals surface area contributed by atoms with Gasteiger partial charge in [-0.3, -0.25) is 14.3 Å². The first-order valence-corrected chi connectivity index (χ1v) is 10.5. The summed E-state index contributed by atoms with van der Waals surface area (Å²) < 4.78 is 29.0. The topological polar surface area (TPSA) is 84.6 Å². The van der Waals surface area contributed by atoms with Crippen LogP contribution in [0.2, 0.25) is 0 Å². The minimum absolute atomic E-state index is 0.299. The molecule has 1 aromatic carbocycles. The lowest BCUT2D eigenvalue weighted by atomic mass is 10.2. The summed E-state index contributed by atoms with van der Waals surface area (Å²) in [6.45, 7) is 2.47. The van der Waals surface area contributed by atoms with Gasteiger partial charge >= 0.3 is 5.69 Å². The Kier molecular flexibility index (Phi) is 5.97. The van der Waals surface area contributed by atoms with Crippen LogP contribution in [0.15, 0.2) is 57.1 Å². The highest BCUT2D eigenvalue weighted by molar-refractivity contribution is 7.89. The first-order valence-electron chi connectivity index (χ1n) is 9.01. The molecule has 3 rings (SSSR count). The molecule has 0 aliphatic carbocycles. The van der Waals surface area contributed by atoms with Gasteiger partial charge in [0.2, 0.25) is 10.0 Å². The van der Waals surface area contributed by atoms with Gasteiger partial charge in [-0.05, 0) is 5.56 Å². The largest absolute Gasteiger partial charge is 0.330 e. The Bertz CT molecular complexity index is 1080. The molecule has 0 unspecified atom stereocenters. The van der Waals surface area contributed by atoms with Crippen molar-refractivity contribution in [1.82, 2.24) is 18.3 Å². The predicted octanol–water partition coefficient (Wildman–Crippen LogP) is 0.104. The summed E-state index contributed by atoms with van der Waals surface area (Å²) in [6, 6.07) is 9.97. The van der Waals surface area contributed by atoms with Crippen LogP contribution in [-0.4, -0.2) is 59.5 Å². The number of hydrogen-bond donors (Lipinski definition) is 0. The molecule has 9 heteroatoms. The van der Waals surface area contributed by atoms with E-state index >= 15 is 0 Å². The maximum atomic E-state index is 12.9. The van der Waals surface area contributed by atoms with E-state index in [0.717, 1.165) is 27.4 Å². The summed E-state index contributed by atoms with van der Waals surface area (Å²) in [6.07, 6.45) is 5.20. The fourth-order valence-corrected chi connectivity index (χ4v) is 4.72. The van der Waals surface area contributed by atoms with Gasteiger partial charge < -0.3 is 4.57 Å². The lowest BCUT2D eigenvalue weighted by Gasteiger charge is -2.33. The Morgan fingerprint density at radius 1 is 1.00 bits per heavy atom. The van der Waals surface area contributed by atoms with E-state index in [2.05, 4.69) is 11.0 Å². The van der Waals surface area contributed by atoms with Crippen molar-refractivity contribution < 1.29 is 8.42 Å². The number of nitrogens with zero attached hydrogens (tertiary/aromatic N) is 4. The fourth-order valence-electron chi connectivity index (χ4n) is 3.15. The lowest BCUT2D eigenvalue weighted by Crippen LogP contribution is -2.50. The molecular formula is C19H24N4O4S. The van der Waals surface area contributed by atoms with Crippen molar-refractivity contribution in [2.75, 3.05) is 32.7 Å². The van der Waals surface area contributed by atoms with Crippen LogP contribution < -0.4 is 11.2 Å². The third kappa shape index (κ3) is 4.16. The first kappa shape index (κ1) is 20.2. The molecule has 1 saturated heterocycles. The molecule has 28 heavy (non-hydrogen) atoms. The molecule has 0 saturated carbocycles. The van der Waals surface area contributed by atoms with E-state index in [1.165, 1.54) is 18.4 Å². The van der Waals surface area contributed by atoms with E-state index in [0.29, 0.717) is 26.2 Å². The Balaban J connectivity index is 1.67. The molecule has 150 valence electrons. The van der Waals surface area contributed by atoms with Crippen LogP contribution in [0.4, 0.5) is 0 Å². The molecule has 2 aromatic rings. The smallest absolute Gasteiger partial charge is 0.302 e. The van der Waals surface area contributed by atoms with Crippen molar-refractivity contribution in [1.29, 1.82) is 0 Å². The molecular weight excluding hydrogens is 380 g/mol. The summed E-state index contributed by atoms with van der Waals surface area (Å²) in [5.74, 6) is 0. The van der Waals surface area contributed by atoms with Gasteiger partial charge in [0, 0.05) is 53.0 Å². The van der Waals surface area contributed by atoms with Crippen molar-refractivity contribution in [2.45, 2.75) is 4.90 Å². The Morgan fingerprint density at radius 3 is 2.29 bits per heavy atom. The molecule has 0 N–H and O–H groups in total. The van der Waals surface area contributed by atoms with Crippen LogP contribution in [-0.2, 0) is 24.1 Å². The van der Waals surface area contributed by atoms with Crippen LogP contribution >= 0.6 is 0 Å². The Labute approximate surface area is 164 Å². The van der Waals surface area contributed by atoms with Crippen LogP contribution in [0, 0.1) is 0 Å². The molecule has 0 amide bonds. The molecule has 0 spiro atoms. The highest BCUT2D eigenvalue weighted by Gasteiger charge is 2.31. The van der Waals surface area contributed by atoms with E-state index in [4.69, 9.17) is 0 Å². The standard InChI is InChI=1S/C19H24N4O4S/c1-20-15-17(18(24)21(2)19(20)25)28(26,27)23-13-11-22(12-14-23)10-6-9-16-7-4-3-5-8-16/h3-9,15H,10-14H2,1-2H3. The van der Waals surface area contributed by atoms with E-state index in [9.17, 15) is 18.0 Å². The van der Waals surface area contributed by atoms with Crippen LogP contribution in [0.25, 0.3) is 6.08 Å². The number of hydrogen-bond acceptors (Lipinski definition) is 5. The SMILES string of the molecule is Cn1cc(S(=O)(=O)N2CCN(CC=Cc3ccccc3)CC2)c(=O)n(C)c1=O. The number of sulfonamides is 1. The van der Waals surface area contributed by atoms with Gasteiger partial charge in [-0.1, -0.05) is 42.5 Å². The number of benzene rings is 1. The molecule has 0 bridgehead atoms. The van der Waals surface area contributed by atoms with E-state index in [1.807, 2.05) is 36.4 Å². The molecule has 0 atom stereocenters. The monoisotopic (exact) mass is 404 g/mol. The zero-order valence-corrected chi connectivity index (χ0v) is 16.8. The molecule has 1 aromatic heterocycles. The fraction of sp³-hybridized carbons (Fsp3) is 0.368. The molecule has 0 radical (unpaired) electrons. The normalized spacial score (nSPS) is 16.6. The zero-order valence-electron chi connectivity index (χ0n) is 16.0. The quantitative estimate of drug-likeness (QED) is 0.706. The minimum Gasteiger partial charge on any atom is -0.302 e. The molecule has 1 fully saturated rings. The molecule has 2 heterocycles. The number of rotatable bonds is 5. The third-order valence-corrected chi connectivity index (χ3v) is 6.72. The minimum atomic E-state index is -3.95. The molecule has 8 nitrogen and oxygen atoms in total. The van der Waals surface area contributed by atoms with Gasteiger partial charge in [-0.2, -0.15) is 4.31 Å². The van der Waals surface area contributed by atoms with Crippen molar-refractivity contribution in [3.63, 3.8) is 0 Å². The Hall–Kier alpha value is -2.49.